The Bertz CT molecular complexity index is 3470. The number of nitrogens with zero attached hydrogens (tertiary/aromatic N) is 2. The summed E-state index contributed by atoms with van der Waals surface area (Å²) in [6, 6.07) is 71.4. The van der Waals surface area contributed by atoms with E-state index in [2.05, 4.69) is 204 Å². The van der Waals surface area contributed by atoms with Crippen LogP contribution in [-0.4, -0.2) is 4.57 Å². The van der Waals surface area contributed by atoms with Gasteiger partial charge in [-0.15, -0.1) is 22.7 Å². The first-order valence-corrected chi connectivity index (χ1v) is 20.6. The summed E-state index contributed by atoms with van der Waals surface area (Å²) < 4.78 is 7.72. The van der Waals surface area contributed by atoms with Gasteiger partial charge >= 0.3 is 0 Å². The molecule has 56 heavy (non-hydrogen) atoms. The Morgan fingerprint density at radius 3 is 1.86 bits per heavy atom. The smallest absolute Gasteiger partial charge is 0.0555 e. The van der Waals surface area contributed by atoms with Crippen LogP contribution in [-0.2, 0) is 0 Å². The Morgan fingerprint density at radius 2 is 1.02 bits per heavy atom. The number of hydrogen-bond acceptors (Lipinski definition) is 3. The van der Waals surface area contributed by atoms with Gasteiger partial charge in [0, 0.05) is 73.6 Å². The molecule has 0 aliphatic carbocycles. The number of fused-ring (bicyclic) bond motifs is 11. The van der Waals surface area contributed by atoms with E-state index in [1.807, 2.05) is 22.7 Å². The molecule has 0 aliphatic rings. The van der Waals surface area contributed by atoms with Crippen molar-refractivity contribution in [2.75, 3.05) is 4.90 Å². The van der Waals surface area contributed by atoms with Crippen LogP contribution in [0.5, 0.6) is 0 Å². The van der Waals surface area contributed by atoms with E-state index < -0.39 is 0 Å². The molecular formula is C52H32N2S2. The molecule has 0 saturated heterocycles. The van der Waals surface area contributed by atoms with Crippen molar-refractivity contribution in [2.24, 2.45) is 0 Å². The van der Waals surface area contributed by atoms with Crippen molar-refractivity contribution >= 4 is 113 Å². The Balaban J connectivity index is 1.04. The Morgan fingerprint density at radius 1 is 0.375 bits per heavy atom. The standard InChI is InChI=1S/C52H32N2S2/c1-2-13-36(14-3-1)54-46-28-23-35(31-44(46)51-47(54)29-27-42-40-16-6-9-20-49(40)56-52(42)51)33-21-24-37(25-22-33)53(45-18-10-12-34-11-4-5-15-39(34)45)38-26-30-50-43(32-38)41-17-7-8-19-48(41)55-50/h1-32H. The van der Waals surface area contributed by atoms with Gasteiger partial charge in [-0.1, -0.05) is 115 Å². The van der Waals surface area contributed by atoms with Crippen molar-refractivity contribution in [3.8, 4) is 16.8 Å². The third-order valence-electron chi connectivity index (χ3n) is 11.4. The quantitative estimate of drug-likeness (QED) is 0.170. The van der Waals surface area contributed by atoms with E-state index in [1.165, 1.54) is 89.7 Å². The summed E-state index contributed by atoms with van der Waals surface area (Å²) in [5.41, 5.74) is 9.46. The van der Waals surface area contributed by atoms with Crippen molar-refractivity contribution in [3.63, 3.8) is 0 Å². The molecule has 0 spiro atoms. The fourth-order valence-corrected chi connectivity index (χ4v) is 11.2. The summed E-state index contributed by atoms with van der Waals surface area (Å²) in [6.07, 6.45) is 0. The second-order valence-electron chi connectivity index (χ2n) is 14.5. The fraction of sp³-hybridized carbons (Fsp3) is 0. The topological polar surface area (TPSA) is 8.17 Å². The number of thiophene rings is 2. The van der Waals surface area contributed by atoms with Gasteiger partial charge in [-0.2, -0.15) is 0 Å². The normalized spacial score (nSPS) is 11.9. The highest BCUT2D eigenvalue weighted by Crippen LogP contribution is 2.46. The second kappa shape index (κ2) is 12.4. The lowest BCUT2D eigenvalue weighted by atomic mass is 10.0. The van der Waals surface area contributed by atoms with Crippen molar-refractivity contribution in [1.82, 2.24) is 4.57 Å². The van der Waals surface area contributed by atoms with Crippen molar-refractivity contribution in [2.45, 2.75) is 0 Å². The Labute approximate surface area is 331 Å². The van der Waals surface area contributed by atoms with Crippen LogP contribution in [0.15, 0.2) is 194 Å². The van der Waals surface area contributed by atoms with E-state index >= 15 is 0 Å². The number of para-hydroxylation sites is 1. The van der Waals surface area contributed by atoms with Gasteiger partial charge in [-0.05, 0) is 95.4 Å². The minimum atomic E-state index is 1.12. The molecular weight excluding hydrogens is 717 g/mol. The lowest BCUT2D eigenvalue weighted by Crippen LogP contribution is -2.10. The highest BCUT2D eigenvalue weighted by atomic mass is 32.1. The molecule has 2 nitrogen and oxygen atoms in total. The van der Waals surface area contributed by atoms with Crippen LogP contribution in [0.3, 0.4) is 0 Å². The highest BCUT2D eigenvalue weighted by molar-refractivity contribution is 7.27. The number of aromatic nitrogens is 1. The summed E-state index contributed by atoms with van der Waals surface area (Å²) in [5.74, 6) is 0. The zero-order valence-corrected chi connectivity index (χ0v) is 31.8. The second-order valence-corrected chi connectivity index (χ2v) is 16.6. The molecule has 0 fully saturated rings. The lowest BCUT2D eigenvalue weighted by molar-refractivity contribution is 1.18. The minimum absolute atomic E-state index is 1.12. The van der Waals surface area contributed by atoms with Crippen LogP contribution in [0.25, 0.3) is 89.7 Å². The molecule has 0 bridgehead atoms. The van der Waals surface area contributed by atoms with Gasteiger partial charge in [-0.25, -0.2) is 0 Å². The van der Waals surface area contributed by atoms with Crippen molar-refractivity contribution in [1.29, 1.82) is 0 Å². The molecule has 0 N–H and O–H groups in total. The first-order chi connectivity index (χ1) is 27.8. The van der Waals surface area contributed by atoms with Crippen LogP contribution in [0.1, 0.15) is 0 Å². The van der Waals surface area contributed by atoms with Gasteiger partial charge < -0.3 is 9.47 Å². The number of hydrogen-bond donors (Lipinski definition) is 0. The van der Waals surface area contributed by atoms with Crippen molar-refractivity contribution < 1.29 is 0 Å². The van der Waals surface area contributed by atoms with Gasteiger partial charge in [0.25, 0.3) is 0 Å². The monoisotopic (exact) mass is 748 g/mol. The predicted molar refractivity (Wildman–Crippen MR) is 244 cm³/mol. The number of rotatable bonds is 5. The zero-order valence-electron chi connectivity index (χ0n) is 30.2. The van der Waals surface area contributed by atoms with E-state index in [0.717, 1.165) is 17.1 Å². The van der Waals surface area contributed by atoms with Crippen LogP contribution in [0.2, 0.25) is 0 Å². The van der Waals surface area contributed by atoms with E-state index in [1.54, 1.807) is 0 Å². The van der Waals surface area contributed by atoms with E-state index in [4.69, 9.17) is 0 Å². The van der Waals surface area contributed by atoms with Crippen molar-refractivity contribution in [3.05, 3.63) is 194 Å². The molecule has 0 unspecified atom stereocenters. The van der Waals surface area contributed by atoms with Gasteiger partial charge in [0.15, 0.2) is 0 Å². The maximum absolute atomic E-state index is 2.43. The SMILES string of the molecule is c1ccc(-n2c3ccc(-c4ccc(N(c5ccc6sc7ccccc7c6c5)c5cccc6ccccc56)cc4)cc3c3c4sc5ccccc5c4ccc32)cc1. The number of anilines is 3. The molecule has 4 heteroatoms. The summed E-state index contributed by atoms with van der Waals surface area (Å²) >= 11 is 3.76. The number of benzene rings is 9. The maximum Gasteiger partial charge on any atom is 0.0555 e. The lowest BCUT2D eigenvalue weighted by Gasteiger charge is -2.27. The first kappa shape index (κ1) is 31.6. The Kier molecular flexibility index (Phi) is 7.00. The summed E-state index contributed by atoms with van der Waals surface area (Å²) in [6.45, 7) is 0. The maximum atomic E-state index is 2.43. The highest BCUT2D eigenvalue weighted by Gasteiger charge is 2.20. The molecule has 0 saturated carbocycles. The molecule has 0 aliphatic heterocycles. The predicted octanol–water partition coefficient (Wildman–Crippen LogP) is 15.8. The molecule has 12 aromatic rings. The summed E-state index contributed by atoms with van der Waals surface area (Å²) in [4.78, 5) is 2.42. The van der Waals surface area contributed by atoms with E-state index in [9.17, 15) is 0 Å². The van der Waals surface area contributed by atoms with Gasteiger partial charge in [0.1, 0.15) is 0 Å². The molecule has 0 atom stereocenters. The molecule has 9 aromatic carbocycles. The minimum Gasteiger partial charge on any atom is -0.310 e. The molecule has 0 amide bonds. The molecule has 12 rings (SSSR count). The van der Waals surface area contributed by atoms with Crippen LogP contribution >= 0.6 is 22.7 Å². The van der Waals surface area contributed by atoms with E-state index in [0.29, 0.717) is 0 Å². The molecule has 262 valence electrons. The van der Waals surface area contributed by atoms with Gasteiger partial charge in [-0.3, -0.25) is 0 Å². The summed E-state index contributed by atoms with van der Waals surface area (Å²) in [5, 5.41) is 10.3. The third-order valence-corrected chi connectivity index (χ3v) is 13.7. The molecule has 0 radical (unpaired) electrons. The van der Waals surface area contributed by atoms with Crippen LogP contribution in [0.4, 0.5) is 17.1 Å². The fourth-order valence-electron chi connectivity index (χ4n) is 8.81. The Hall–Kier alpha value is -6.72. The first-order valence-electron chi connectivity index (χ1n) is 19.0. The average Bonchev–Trinajstić information content (AvgIpc) is 3.93. The largest absolute Gasteiger partial charge is 0.310 e. The zero-order chi connectivity index (χ0) is 36.7. The van der Waals surface area contributed by atoms with Crippen LogP contribution < -0.4 is 4.90 Å². The van der Waals surface area contributed by atoms with Gasteiger partial charge in [0.05, 0.1) is 16.7 Å². The van der Waals surface area contributed by atoms with E-state index in [-0.39, 0.29) is 0 Å². The average molecular weight is 749 g/mol. The molecule has 3 aromatic heterocycles. The van der Waals surface area contributed by atoms with Gasteiger partial charge in [0.2, 0.25) is 0 Å². The van der Waals surface area contributed by atoms with Crippen LogP contribution in [0, 0.1) is 0 Å². The third kappa shape index (κ3) is 4.80. The summed E-state index contributed by atoms with van der Waals surface area (Å²) in [7, 11) is 0. The molecule has 3 heterocycles.